The SMILES string of the molecule is C[C@H]1CN([C@@H](C)C(=O)Nc2ccccc2-c2ccccc2)CCO1. The van der Waals surface area contributed by atoms with E-state index in [1.54, 1.807) is 0 Å². The minimum atomic E-state index is -0.180. The second-order valence-corrected chi connectivity index (χ2v) is 6.25. The van der Waals surface area contributed by atoms with Gasteiger partial charge < -0.3 is 10.1 Å². The molecule has 4 heteroatoms. The van der Waals surface area contributed by atoms with Crippen LogP contribution < -0.4 is 5.32 Å². The van der Waals surface area contributed by atoms with Gasteiger partial charge in [-0.25, -0.2) is 0 Å². The summed E-state index contributed by atoms with van der Waals surface area (Å²) in [6.07, 6.45) is 0.172. The fourth-order valence-electron chi connectivity index (χ4n) is 3.06. The Morgan fingerprint density at radius 3 is 2.62 bits per heavy atom. The van der Waals surface area contributed by atoms with Gasteiger partial charge in [-0.2, -0.15) is 0 Å². The van der Waals surface area contributed by atoms with Crippen LogP contribution in [0.15, 0.2) is 54.6 Å². The maximum atomic E-state index is 12.7. The van der Waals surface area contributed by atoms with E-state index in [1.165, 1.54) is 0 Å². The van der Waals surface area contributed by atoms with E-state index in [9.17, 15) is 4.79 Å². The van der Waals surface area contributed by atoms with E-state index < -0.39 is 0 Å². The smallest absolute Gasteiger partial charge is 0.241 e. The van der Waals surface area contributed by atoms with E-state index >= 15 is 0 Å². The maximum Gasteiger partial charge on any atom is 0.241 e. The highest BCUT2D eigenvalue weighted by Gasteiger charge is 2.26. The molecule has 0 saturated carbocycles. The molecule has 1 aliphatic heterocycles. The number of benzene rings is 2. The standard InChI is InChI=1S/C20H24N2O2/c1-15-14-22(12-13-24-15)16(2)20(23)21-19-11-7-6-10-18(19)17-8-4-3-5-9-17/h3-11,15-16H,12-14H2,1-2H3,(H,21,23)/t15-,16-/m0/s1. The number of hydrogen-bond acceptors (Lipinski definition) is 3. The summed E-state index contributed by atoms with van der Waals surface area (Å²) < 4.78 is 5.56. The van der Waals surface area contributed by atoms with Gasteiger partial charge in [-0.1, -0.05) is 48.5 Å². The first kappa shape index (κ1) is 16.7. The third kappa shape index (κ3) is 3.83. The Kier molecular flexibility index (Phi) is 5.28. The number of nitrogens with zero attached hydrogens (tertiary/aromatic N) is 1. The van der Waals surface area contributed by atoms with Crippen molar-refractivity contribution in [3.05, 3.63) is 54.6 Å². The molecule has 1 fully saturated rings. The van der Waals surface area contributed by atoms with Crippen LogP contribution in [-0.2, 0) is 9.53 Å². The molecule has 0 aromatic heterocycles. The van der Waals surface area contributed by atoms with Crippen LogP contribution in [0.5, 0.6) is 0 Å². The van der Waals surface area contributed by atoms with Gasteiger partial charge in [0.15, 0.2) is 0 Å². The van der Waals surface area contributed by atoms with Crippen molar-refractivity contribution in [2.75, 3.05) is 25.0 Å². The van der Waals surface area contributed by atoms with Gasteiger partial charge in [-0.3, -0.25) is 9.69 Å². The number of hydrogen-bond donors (Lipinski definition) is 1. The maximum absolute atomic E-state index is 12.7. The zero-order valence-corrected chi connectivity index (χ0v) is 14.2. The predicted molar refractivity (Wildman–Crippen MR) is 97.0 cm³/mol. The molecule has 0 spiro atoms. The van der Waals surface area contributed by atoms with E-state index in [2.05, 4.69) is 22.3 Å². The number of carbonyl (C=O) groups is 1. The molecule has 1 N–H and O–H groups in total. The van der Waals surface area contributed by atoms with Gasteiger partial charge in [0.25, 0.3) is 0 Å². The van der Waals surface area contributed by atoms with E-state index in [4.69, 9.17) is 4.74 Å². The van der Waals surface area contributed by atoms with E-state index in [0.717, 1.165) is 29.9 Å². The van der Waals surface area contributed by atoms with Crippen LogP contribution >= 0.6 is 0 Å². The lowest BCUT2D eigenvalue weighted by Gasteiger charge is -2.34. The quantitative estimate of drug-likeness (QED) is 0.937. The third-order valence-electron chi connectivity index (χ3n) is 4.47. The van der Waals surface area contributed by atoms with Crippen LogP contribution in [0, 0.1) is 0 Å². The molecule has 0 radical (unpaired) electrons. The number of anilines is 1. The Balaban J connectivity index is 1.75. The van der Waals surface area contributed by atoms with Gasteiger partial charge in [-0.15, -0.1) is 0 Å². The summed E-state index contributed by atoms with van der Waals surface area (Å²) in [6.45, 7) is 6.26. The summed E-state index contributed by atoms with van der Waals surface area (Å²) in [6, 6.07) is 17.9. The molecule has 2 aromatic rings. The molecule has 3 rings (SSSR count). The molecule has 0 aliphatic carbocycles. The Labute approximate surface area is 143 Å². The van der Waals surface area contributed by atoms with Gasteiger partial charge in [0.2, 0.25) is 5.91 Å². The topological polar surface area (TPSA) is 41.6 Å². The number of nitrogens with one attached hydrogen (secondary N) is 1. The lowest BCUT2D eigenvalue weighted by atomic mass is 10.0. The second kappa shape index (κ2) is 7.60. The third-order valence-corrected chi connectivity index (χ3v) is 4.47. The number of para-hydroxylation sites is 1. The summed E-state index contributed by atoms with van der Waals surface area (Å²) in [5.41, 5.74) is 2.98. The van der Waals surface area contributed by atoms with Crippen molar-refractivity contribution in [2.24, 2.45) is 0 Å². The molecule has 1 heterocycles. The van der Waals surface area contributed by atoms with Crippen LogP contribution in [0.2, 0.25) is 0 Å². The van der Waals surface area contributed by atoms with Gasteiger partial charge >= 0.3 is 0 Å². The monoisotopic (exact) mass is 324 g/mol. The molecule has 4 nitrogen and oxygen atoms in total. The first-order valence-electron chi connectivity index (χ1n) is 8.46. The van der Waals surface area contributed by atoms with Crippen LogP contribution in [0.3, 0.4) is 0 Å². The minimum absolute atomic E-state index is 0.0208. The lowest BCUT2D eigenvalue weighted by molar-refractivity contribution is -0.123. The Morgan fingerprint density at radius 2 is 1.88 bits per heavy atom. The molecule has 2 aromatic carbocycles. The molecule has 1 amide bonds. The highest BCUT2D eigenvalue weighted by molar-refractivity contribution is 5.98. The molecule has 0 bridgehead atoms. The van der Waals surface area contributed by atoms with Crippen molar-refractivity contribution in [3.8, 4) is 11.1 Å². The second-order valence-electron chi connectivity index (χ2n) is 6.25. The molecule has 1 aliphatic rings. The zero-order valence-electron chi connectivity index (χ0n) is 14.2. The molecule has 0 unspecified atom stereocenters. The van der Waals surface area contributed by atoms with Crippen LogP contribution in [0.1, 0.15) is 13.8 Å². The normalized spacial score (nSPS) is 19.7. The molecular formula is C20H24N2O2. The van der Waals surface area contributed by atoms with E-state index in [1.807, 2.05) is 56.3 Å². The number of ether oxygens (including phenoxy) is 1. The minimum Gasteiger partial charge on any atom is -0.376 e. The van der Waals surface area contributed by atoms with Gasteiger partial charge in [-0.05, 0) is 25.5 Å². The average molecular weight is 324 g/mol. The van der Waals surface area contributed by atoms with Crippen molar-refractivity contribution >= 4 is 11.6 Å². The van der Waals surface area contributed by atoms with Gasteiger partial charge in [0.1, 0.15) is 0 Å². The van der Waals surface area contributed by atoms with Crippen molar-refractivity contribution in [1.29, 1.82) is 0 Å². The average Bonchev–Trinajstić information content (AvgIpc) is 2.62. The zero-order chi connectivity index (χ0) is 16.9. The van der Waals surface area contributed by atoms with E-state index in [0.29, 0.717) is 6.61 Å². The molecule has 126 valence electrons. The van der Waals surface area contributed by atoms with Crippen molar-refractivity contribution in [1.82, 2.24) is 4.90 Å². The Morgan fingerprint density at radius 1 is 1.17 bits per heavy atom. The highest BCUT2D eigenvalue weighted by Crippen LogP contribution is 2.27. The van der Waals surface area contributed by atoms with Crippen LogP contribution in [0.4, 0.5) is 5.69 Å². The highest BCUT2D eigenvalue weighted by atomic mass is 16.5. The molecule has 24 heavy (non-hydrogen) atoms. The lowest BCUT2D eigenvalue weighted by Crippen LogP contribution is -2.50. The summed E-state index contributed by atoms with van der Waals surface area (Å²) >= 11 is 0. The fourth-order valence-corrected chi connectivity index (χ4v) is 3.06. The summed E-state index contributed by atoms with van der Waals surface area (Å²) in [7, 11) is 0. The summed E-state index contributed by atoms with van der Waals surface area (Å²) in [4.78, 5) is 14.9. The Hall–Kier alpha value is -2.17. The van der Waals surface area contributed by atoms with Crippen molar-refractivity contribution in [2.45, 2.75) is 26.0 Å². The largest absolute Gasteiger partial charge is 0.376 e. The van der Waals surface area contributed by atoms with Gasteiger partial charge in [0, 0.05) is 24.3 Å². The van der Waals surface area contributed by atoms with Crippen LogP contribution in [0.25, 0.3) is 11.1 Å². The number of rotatable bonds is 4. The molecule has 1 saturated heterocycles. The van der Waals surface area contributed by atoms with Crippen molar-refractivity contribution in [3.63, 3.8) is 0 Å². The Bertz CT molecular complexity index is 687. The van der Waals surface area contributed by atoms with E-state index in [-0.39, 0.29) is 18.1 Å². The molecular weight excluding hydrogens is 300 g/mol. The molecule has 2 atom stereocenters. The fraction of sp³-hybridized carbons (Fsp3) is 0.350. The van der Waals surface area contributed by atoms with Gasteiger partial charge in [0.05, 0.1) is 18.8 Å². The number of carbonyl (C=O) groups excluding carboxylic acids is 1. The van der Waals surface area contributed by atoms with Crippen molar-refractivity contribution < 1.29 is 9.53 Å². The first-order chi connectivity index (χ1) is 11.6. The number of morpholine rings is 1. The summed E-state index contributed by atoms with van der Waals surface area (Å²) in [5, 5.41) is 3.10. The first-order valence-corrected chi connectivity index (χ1v) is 8.46. The predicted octanol–water partition coefficient (Wildman–Crippen LogP) is 3.40. The van der Waals surface area contributed by atoms with Crippen LogP contribution in [-0.4, -0.2) is 42.6 Å². The number of amides is 1. The summed E-state index contributed by atoms with van der Waals surface area (Å²) in [5.74, 6) is 0.0208.